The number of methoxy groups -OCH3 is 3. The van der Waals surface area contributed by atoms with Gasteiger partial charge in [-0.25, -0.2) is 42.0 Å². The maximum atomic E-state index is 12.1. The molecule has 0 saturated heterocycles. The van der Waals surface area contributed by atoms with Gasteiger partial charge in [-0.3, -0.25) is 0 Å². The third-order valence-corrected chi connectivity index (χ3v) is 27.2. The number of hydrogen-bond acceptors (Lipinski definition) is 34. The predicted molar refractivity (Wildman–Crippen MR) is 569 cm³/mol. The molecule has 36 heteroatoms. The number of esters is 7. The summed E-state index contributed by atoms with van der Waals surface area (Å²) in [4.78, 5) is 86.2. The summed E-state index contributed by atoms with van der Waals surface area (Å²) in [5.74, 6) is -0.756. The van der Waals surface area contributed by atoms with Crippen molar-refractivity contribution in [3.63, 3.8) is 0 Å². The number of halogens is 1. The highest BCUT2D eigenvalue weighted by Crippen LogP contribution is 2.44. The smallest absolute Gasteiger partial charge is 0.341 e. The average molecular weight is 2090 g/mol. The first-order valence-electron chi connectivity index (χ1n) is 43.0. The van der Waals surface area contributed by atoms with Gasteiger partial charge >= 0.3 is 41.8 Å². The number of carbonyl (C=O) groups is 7. The van der Waals surface area contributed by atoms with Crippen LogP contribution in [0.4, 0.5) is 40.7 Å². The van der Waals surface area contributed by atoms with E-state index >= 15 is 0 Å². The van der Waals surface area contributed by atoms with Crippen molar-refractivity contribution in [1.82, 2.24) is 0 Å². The number of nitrogens with two attached hydrogens (primary N) is 7. The Bertz CT molecular complexity index is 6500. The fourth-order valence-electron chi connectivity index (χ4n) is 13.3. The summed E-state index contributed by atoms with van der Waals surface area (Å²) < 4.78 is 75.1. The van der Waals surface area contributed by atoms with Crippen molar-refractivity contribution in [1.29, 1.82) is 0 Å². The minimum atomic E-state index is -3.25. The van der Waals surface area contributed by atoms with Gasteiger partial charge in [0.2, 0.25) is 0 Å². The molecule has 0 saturated carbocycles. The van der Waals surface area contributed by atoms with E-state index in [0.29, 0.717) is 142 Å². The Balaban J connectivity index is 0.000000198. The van der Waals surface area contributed by atoms with Crippen molar-refractivity contribution in [3.8, 4) is 95.1 Å². The van der Waals surface area contributed by atoms with Crippen LogP contribution in [0.5, 0.6) is 17.2 Å². The molecule has 27 nitrogen and oxygen atoms in total. The van der Waals surface area contributed by atoms with Gasteiger partial charge in [0.25, 0.3) is 0 Å². The molecule has 138 heavy (non-hydrogen) atoms. The summed E-state index contributed by atoms with van der Waals surface area (Å²) in [7, 11) is 5.46. The molecule has 0 fully saturated rings. The van der Waals surface area contributed by atoms with Crippen LogP contribution in [0.3, 0.4) is 0 Å². The zero-order valence-electron chi connectivity index (χ0n) is 79.5. The molecule has 0 aliphatic carbocycles. The van der Waals surface area contributed by atoms with E-state index < -0.39 is 27.7 Å². The molecule has 14 aromatic rings. The lowest BCUT2D eigenvalue weighted by molar-refractivity contribution is 0.0519. The number of nitrogens with zero attached hydrogens (tertiary/aromatic N) is 1. The molecule has 0 spiro atoms. The fraction of sp³-hybridized carbons (Fsp3) is 0.245. The van der Waals surface area contributed by atoms with Gasteiger partial charge in [-0.1, -0.05) is 145 Å². The van der Waals surface area contributed by atoms with Crippen molar-refractivity contribution < 1.29 is 89.3 Å². The molecule has 7 heterocycles. The van der Waals surface area contributed by atoms with Crippen molar-refractivity contribution in [2.75, 3.05) is 133 Å². The molecule has 730 valence electrons. The molecule has 14 N–H and O–H groups in total. The summed E-state index contributed by atoms with van der Waals surface area (Å²) in [6, 6.07) is 51.2. The third kappa shape index (κ3) is 29.3. The highest BCUT2D eigenvalue weighted by Gasteiger charge is 2.29. The minimum Gasteiger partial charge on any atom is -0.497 e. The molecule has 0 amide bonds. The van der Waals surface area contributed by atoms with Crippen LogP contribution in [0.25, 0.3) is 77.9 Å². The van der Waals surface area contributed by atoms with Gasteiger partial charge in [0, 0.05) is 119 Å². The van der Waals surface area contributed by atoms with E-state index in [1.165, 1.54) is 97.1 Å². The maximum Gasteiger partial charge on any atom is 0.341 e. The molecule has 0 aliphatic rings. The first-order valence-corrected chi connectivity index (χ1v) is 51.8. The number of thiophene rings is 7. The molecular formula is C102H113BrN8O19S8. The van der Waals surface area contributed by atoms with E-state index in [0.717, 1.165) is 88.7 Å². The van der Waals surface area contributed by atoms with E-state index in [1.54, 1.807) is 93.4 Å². The molecule has 0 bridgehead atoms. The Morgan fingerprint density at radius 1 is 0.333 bits per heavy atom. The van der Waals surface area contributed by atoms with Crippen molar-refractivity contribution in [2.24, 2.45) is 0 Å². The number of carbonyl (C=O) groups excluding carboxylic acids is 7. The second-order valence-corrected chi connectivity index (χ2v) is 39.8. The number of anilines is 8. The summed E-state index contributed by atoms with van der Waals surface area (Å²) in [5, 5.41) is 16.3. The second kappa shape index (κ2) is 52.5. The number of ether oxygens (including phenoxy) is 10. The molecule has 14 rings (SSSR count). The molecule has 0 radical (unpaired) electrons. The van der Waals surface area contributed by atoms with E-state index in [2.05, 4.69) is 48.8 Å². The first kappa shape index (κ1) is 110. The first-order chi connectivity index (χ1) is 65.8. The number of hydrogen-bond donors (Lipinski definition) is 7. The van der Waals surface area contributed by atoms with Crippen molar-refractivity contribution >= 4 is 188 Å². The van der Waals surface area contributed by atoms with E-state index in [-0.39, 0.29) is 40.8 Å². The zero-order valence-corrected chi connectivity index (χ0v) is 87.6. The Labute approximate surface area is 840 Å². The van der Waals surface area contributed by atoms with Gasteiger partial charge in [-0.2, -0.15) is 0 Å². The predicted octanol–water partition coefficient (Wildman–Crippen LogP) is 24.1. The van der Waals surface area contributed by atoms with Crippen LogP contribution in [-0.2, 0) is 48.4 Å². The maximum absolute atomic E-state index is 12.1. The Morgan fingerprint density at radius 3 is 0.942 bits per heavy atom. The third-order valence-electron chi connectivity index (χ3n) is 19.9. The lowest BCUT2D eigenvalue weighted by Gasteiger charge is -2.19. The molecule has 7 aromatic heterocycles. The van der Waals surface area contributed by atoms with Crippen molar-refractivity contribution in [3.05, 3.63) is 256 Å². The van der Waals surface area contributed by atoms with Gasteiger partial charge in [0.1, 0.15) is 91.2 Å². The van der Waals surface area contributed by atoms with Crippen LogP contribution in [-0.4, -0.2) is 138 Å². The minimum absolute atomic E-state index is 0.107. The van der Waals surface area contributed by atoms with Gasteiger partial charge in [-0.15, -0.1) is 79.4 Å². The monoisotopic (exact) mass is 2090 g/mol. The number of sulfone groups is 1. The largest absolute Gasteiger partial charge is 0.497 e. The number of para-hydroxylation sites is 1. The summed E-state index contributed by atoms with van der Waals surface area (Å²) >= 11 is 12.7. The zero-order chi connectivity index (χ0) is 101. The topological polar surface area (TPSA) is 431 Å². The summed E-state index contributed by atoms with van der Waals surface area (Å²) in [6.07, 6.45) is 1.15. The molecule has 0 aliphatic heterocycles. The summed E-state index contributed by atoms with van der Waals surface area (Å²) in [6.45, 7) is 23.2. The van der Waals surface area contributed by atoms with E-state index in [1.807, 2.05) is 180 Å². The Hall–Kier alpha value is -13.0. The van der Waals surface area contributed by atoms with Gasteiger partial charge in [0.05, 0.1) is 72.5 Å². The quantitative estimate of drug-likeness (QED) is 0.0195. The van der Waals surface area contributed by atoms with Gasteiger partial charge < -0.3 is 92.4 Å². The van der Waals surface area contributed by atoms with Crippen LogP contribution >= 0.6 is 95.3 Å². The SMILES string of the molecule is CCOC(=O)c1c(-c2cc(OC)cc(OC)c2)csc1N.CCOC(=O)c1c(-c2ccc(C(C)(C)C)cc2)csc1N.CCOC(=O)c1c(-c2ccc(S(C)(=O)=O)cc2)csc1N.CCOC(=O)c1c(-c2cccc(Br)c2)csc1N.CCOC(=O)c1c(-c2cccc(C)c2)csc1N.CCOC(=O)c1c(-c2cccc(N(C)C)c2)csc1N.CCOC(=O)c1c(-c2ccccc2OC)csc1N. The number of nitrogen functional groups attached to an aromatic ring is 7. The second-order valence-electron chi connectivity index (χ2n) is 30.5. The van der Waals surface area contributed by atoms with E-state index in [4.69, 9.17) is 87.5 Å². The molecule has 7 aromatic carbocycles. The highest BCUT2D eigenvalue weighted by molar-refractivity contribution is 9.10. The Kier molecular flexibility index (Phi) is 41.9. The van der Waals surface area contributed by atoms with Gasteiger partial charge in [0.15, 0.2) is 9.84 Å². The van der Waals surface area contributed by atoms with E-state index in [9.17, 15) is 42.0 Å². The molecular weight excluding hydrogens is 1980 g/mol. The highest BCUT2D eigenvalue weighted by atomic mass is 79.9. The van der Waals surface area contributed by atoms with Crippen molar-refractivity contribution in [2.45, 2.75) is 86.5 Å². The average Bonchev–Trinajstić information content (AvgIpc) is 1.65. The lowest BCUT2D eigenvalue weighted by Crippen LogP contribution is -2.10. The van der Waals surface area contributed by atoms with Crippen LogP contribution in [0.15, 0.2) is 211 Å². The number of rotatable bonds is 26. The lowest BCUT2D eigenvalue weighted by atomic mass is 9.86. The molecule has 0 atom stereocenters. The Morgan fingerprint density at radius 2 is 0.630 bits per heavy atom. The van der Waals surface area contributed by atoms with Crippen LogP contribution in [0.1, 0.15) is 153 Å². The van der Waals surface area contributed by atoms with Crippen LogP contribution < -0.4 is 59.2 Å². The standard InChI is InChI=1S/C17H21NO2S.C15H18N2O2S.C15H17NO4S.C14H15NO4S2.C14H15NO3S.C14H15NO2S.C13H12BrNO2S/c1-5-20-16(19)14-13(10-21-15(14)18)11-6-8-12(9-7-11)17(2,3)4;1-4-19-15(18)13-12(9-20-14(13)16)10-6-5-7-11(8-10)17(2)3;1-4-20-15(17)13-12(8-21-14(13)16)9-5-10(18-2)7-11(6-9)19-3;1-3-19-14(16)12-11(8-20-13(12)15)9-4-6-10(7-5-9)21(2,17)18;1-3-18-14(16)12-10(8-19-13(12)15)9-6-4-5-7-11(9)17-2;1-3-17-14(16)12-11(8-18-13(12)15)10-6-4-5-9(2)7-10;1-2-17-13(16)11-10(7-18-12(11)15)8-4-3-5-9(14)6-8/h6-10H,5,18H2,1-4H3;5-9H,4,16H2,1-3H3;5-8H,4,16H2,1-3H3;4-8H,3,15H2,1-2H3;4-8H,3,15H2,1-2H3;4-8H,3,15H2,1-2H3;3-7H,2,15H2,1H3. The van der Waals surface area contributed by atoms with Crippen LogP contribution in [0.2, 0.25) is 0 Å². The van der Waals surface area contributed by atoms with Crippen LogP contribution in [0, 0.1) is 6.92 Å². The fourth-order valence-corrected chi connectivity index (χ4v) is 20.0. The number of aryl methyl sites for hydroxylation is 1. The number of benzene rings is 7. The molecule has 0 unspecified atom stereocenters. The summed E-state index contributed by atoms with van der Waals surface area (Å²) in [5.41, 5.74) is 59.4. The normalized spacial score (nSPS) is 10.6. The van der Waals surface area contributed by atoms with Gasteiger partial charge in [-0.05, 0) is 154 Å².